The van der Waals surface area contributed by atoms with Gasteiger partial charge in [-0.1, -0.05) is 0 Å². The third-order valence-corrected chi connectivity index (χ3v) is 2.50. The molecule has 7 heteroatoms. The van der Waals surface area contributed by atoms with E-state index in [-0.39, 0.29) is 5.91 Å². The van der Waals surface area contributed by atoms with Gasteiger partial charge in [-0.05, 0) is 18.2 Å². The van der Waals surface area contributed by atoms with Crippen LogP contribution in [0.2, 0.25) is 0 Å². The molecule has 0 unspecified atom stereocenters. The van der Waals surface area contributed by atoms with Crippen molar-refractivity contribution in [2.75, 3.05) is 12.4 Å². The number of hydrogen-bond donors (Lipinski definition) is 2. The molecule has 0 aliphatic rings. The van der Waals surface area contributed by atoms with E-state index in [1.54, 1.807) is 30.1 Å². The van der Waals surface area contributed by atoms with E-state index in [1.165, 1.54) is 0 Å². The van der Waals surface area contributed by atoms with Crippen molar-refractivity contribution >= 4 is 11.7 Å². The molecule has 2 N–H and O–H groups in total. The lowest BCUT2D eigenvalue weighted by atomic mass is 10.3. The molecule has 0 aromatic carbocycles. The summed E-state index contributed by atoms with van der Waals surface area (Å²) in [7, 11) is 3.43. The molecule has 0 radical (unpaired) electrons. The van der Waals surface area contributed by atoms with Crippen molar-refractivity contribution in [3.63, 3.8) is 0 Å². The molecule has 0 atom stereocenters. The first-order valence-corrected chi connectivity index (χ1v) is 5.47. The fraction of sp³-hybridized carbons (Fsp3) is 0.273. The van der Waals surface area contributed by atoms with Crippen LogP contribution in [-0.4, -0.2) is 32.9 Å². The van der Waals surface area contributed by atoms with Crippen LogP contribution in [0.25, 0.3) is 0 Å². The highest BCUT2D eigenvalue weighted by Gasteiger charge is 2.05. The minimum atomic E-state index is -0.249. The predicted molar refractivity (Wildman–Crippen MR) is 66.0 cm³/mol. The molecule has 0 bridgehead atoms. The van der Waals surface area contributed by atoms with Crippen LogP contribution in [0.1, 0.15) is 16.2 Å². The summed E-state index contributed by atoms with van der Waals surface area (Å²) in [4.78, 5) is 11.3. The van der Waals surface area contributed by atoms with E-state index in [9.17, 15) is 4.79 Å². The van der Waals surface area contributed by atoms with E-state index in [0.717, 1.165) is 5.69 Å². The lowest BCUT2D eigenvalue weighted by molar-refractivity contribution is 0.0957. The van der Waals surface area contributed by atoms with Gasteiger partial charge in [0.1, 0.15) is 5.82 Å². The number of amides is 1. The van der Waals surface area contributed by atoms with Crippen molar-refractivity contribution in [2.45, 2.75) is 6.54 Å². The van der Waals surface area contributed by atoms with Gasteiger partial charge >= 0.3 is 0 Å². The van der Waals surface area contributed by atoms with Gasteiger partial charge in [0.15, 0.2) is 5.69 Å². The van der Waals surface area contributed by atoms with Crippen LogP contribution in [-0.2, 0) is 13.6 Å². The van der Waals surface area contributed by atoms with Gasteiger partial charge in [0.2, 0.25) is 0 Å². The summed E-state index contributed by atoms with van der Waals surface area (Å²) < 4.78 is 1.78. The molecule has 0 saturated carbocycles. The molecule has 2 aromatic heterocycles. The zero-order valence-electron chi connectivity index (χ0n) is 10.2. The lowest BCUT2D eigenvalue weighted by Gasteiger charge is -2.05. The highest BCUT2D eigenvalue weighted by Crippen LogP contribution is 2.05. The molecular formula is C11H14N6O. The van der Waals surface area contributed by atoms with Gasteiger partial charge in [0.25, 0.3) is 5.91 Å². The molecule has 0 spiro atoms. The van der Waals surface area contributed by atoms with Gasteiger partial charge in [0, 0.05) is 20.3 Å². The molecule has 2 rings (SSSR count). The molecule has 0 aliphatic heterocycles. The Kier molecular flexibility index (Phi) is 3.52. The summed E-state index contributed by atoms with van der Waals surface area (Å²) in [5.41, 5.74) is 1.33. The molecule has 7 nitrogen and oxygen atoms in total. The van der Waals surface area contributed by atoms with Crippen molar-refractivity contribution in [1.29, 1.82) is 0 Å². The monoisotopic (exact) mass is 246 g/mol. The lowest BCUT2D eigenvalue weighted by Crippen LogP contribution is -2.19. The third-order valence-electron chi connectivity index (χ3n) is 2.50. The summed E-state index contributed by atoms with van der Waals surface area (Å²) >= 11 is 0. The summed E-state index contributed by atoms with van der Waals surface area (Å²) in [6.45, 7) is 0.602. The normalized spacial score (nSPS) is 10.1. The first-order valence-electron chi connectivity index (χ1n) is 5.47. The van der Waals surface area contributed by atoms with Crippen molar-refractivity contribution in [1.82, 2.24) is 25.3 Å². The fourth-order valence-corrected chi connectivity index (χ4v) is 1.43. The first kappa shape index (κ1) is 12.0. The van der Waals surface area contributed by atoms with Gasteiger partial charge in [-0.2, -0.15) is 5.10 Å². The largest absolute Gasteiger partial charge is 0.363 e. The van der Waals surface area contributed by atoms with Crippen LogP contribution in [0, 0.1) is 0 Å². The van der Waals surface area contributed by atoms with Crippen LogP contribution in [0.15, 0.2) is 24.4 Å². The summed E-state index contributed by atoms with van der Waals surface area (Å²) in [5, 5.41) is 17.4. The van der Waals surface area contributed by atoms with Gasteiger partial charge in [-0.3, -0.25) is 9.48 Å². The molecule has 94 valence electrons. The number of nitrogens with one attached hydrogen (secondary N) is 2. The van der Waals surface area contributed by atoms with Crippen LogP contribution >= 0.6 is 0 Å². The number of carbonyl (C=O) groups is 1. The highest BCUT2D eigenvalue weighted by atomic mass is 16.1. The van der Waals surface area contributed by atoms with Gasteiger partial charge < -0.3 is 10.6 Å². The molecule has 0 fully saturated rings. The highest BCUT2D eigenvalue weighted by molar-refractivity contribution is 5.91. The molecule has 1 amide bonds. The quantitative estimate of drug-likeness (QED) is 0.804. The maximum Gasteiger partial charge on any atom is 0.271 e. The van der Waals surface area contributed by atoms with Crippen molar-refractivity contribution in [3.8, 4) is 0 Å². The average Bonchev–Trinajstić information content (AvgIpc) is 2.81. The summed E-state index contributed by atoms with van der Waals surface area (Å²) in [6.07, 6.45) is 1.73. The summed E-state index contributed by atoms with van der Waals surface area (Å²) in [6, 6.07) is 5.25. The van der Waals surface area contributed by atoms with E-state index in [2.05, 4.69) is 25.9 Å². The van der Waals surface area contributed by atoms with E-state index in [0.29, 0.717) is 18.1 Å². The zero-order chi connectivity index (χ0) is 13.0. The SMILES string of the molecule is CNC(=O)c1ccc(NCc2ccnn2C)nn1. The second-order valence-corrected chi connectivity index (χ2v) is 3.68. The van der Waals surface area contributed by atoms with Crippen molar-refractivity contribution in [2.24, 2.45) is 7.05 Å². The standard InChI is InChI=1S/C11H14N6O/c1-12-11(18)9-3-4-10(16-15-9)13-7-8-5-6-14-17(8)2/h3-6H,7H2,1-2H3,(H,12,18)(H,13,16). The maximum absolute atomic E-state index is 11.3. The number of aromatic nitrogens is 4. The van der Waals surface area contributed by atoms with Gasteiger partial charge in [-0.25, -0.2) is 0 Å². The predicted octanol–water partition coefficient (Wildman–Crippen LogP) is 0.182. The minimum Gasteiger partial charge on any atom is -0.363 e. The zero-order valence-corrected chi connectivity index (χ0v) is 10.2. The second kappa shape index (κ2) is 5.26. The number of hydrogen-bond acceptors (Lipinski definition) is 5. The van der Waals surface area contributed by atoms with Crippen LogP contribution in [0.5, 0.6) is 0 Å². The molecule has 2 heterocycles. The molecule has 18 heavy (non-hydrogen) atoms. The number of carbonyl (C=O) groups excluding carboxylic acids is 1. The number of nitrogens with zero attached hydrogens (tertiary/aromatic N) is 4. The van der Waals surface area contributed by atoms with Crippen molar-refractivity contribution < 1.29 is 4.79 Å². The molecule has 2 aromatic rings. The number of aryl methyl sites for hydroxylation is 1. The molecule has 0 saturated heterocycles. The fourth-order valence-electron chi connectivity index (χ4n) is 1.43. The Morgan fingerprint density at radius 2 is 2.17 bits per heavy atom. The number of anilines is 1. The van der Waals surface area contributed by atoms with E-state index in [4.69, 9.17) is 0 Å². The van der Waals surface area contributed by atoms with Crippen LogP contribution in [0.3, 0.4) is 0 Å². The molecular weight excluding hydrogens is 232 g/mol. The van der Waals surface area contributed by atoms with Crippen LogP contribution in [0.4, 0.5) is 5.82 Å². The average molecular weight is 246 g/mol. The molecule has 0 aliphatic carbocycles. The van der Waals surface area contributed by atoms with Gasteiger partial charge in [-0.15, -0.1) is 10.2 Å². The van der Waals surface area contributed by atoms with Gasteiger partial charge in [0.05, 0.1) is 12.2 Å². The third kappa shape index (κ3) is 2.62. The Morgan fingerprint density at radius 1 is 1.33 bits per heavy atom. The smallest absolute Gasteiger partial charge is 0.271 e. The first-order chi connectivity index (χ1) is 8.70. The number of rotatable bonds is 4. The Hall–Kier alpha value is -2.44. The Morgan fingerprint density at radius 3 is 2.72 bits per heavy atom. The van der Waals surface area contributed by atoms with E-state index >= 15 is 0 Å². The van der Waals surface area contributed by atoms with Crippen molar-refractivity contribution in [3.05, 3.63) is 35.8 Å². The van der Waals surface area contributed by atoms with E-state index in [1.807, 2.05) is 13.1 Å². The topological polar surface area (TPSA) is 84.7 Å². The Labute approximate surface area is 104 Å². The maximum atomic E-state index is 11.3. The van der Waals surface area contributed by atoms with E-state index < -0.39 is 0 Å². The minimum absolute atomic E-state index is 0.249. The summed E-state index contributed by atoms with van der Waals surface area (Å²) in [5.74, 6) is 0.365. The Bertz CT molecular complexity index is 533. The van der Waals surface area contributed by atoms with Crippen LogP contribution < -0.4 is 10.6 Å². The second-order valence-electron chi connectivity index (χ2n) is 3.68. The Balaban J connectivity index is 1.98.